The topological polar surface area (TPSA) is 144 Å². The number of hydrogen-bond acceptors (Lipinski definition) is 6. The molecule has 202 valence electrons. The summed E-state index contributed by atoms with van der Waals surface area (Å²) < 4.78 is 30.5. The molecule has 0 aromatic rings. The Hall–Kier alpha value is -0.740. The molecular formula is C26H45NO7S. The summed E-state index contributed by atoms with van der Waals surface area (Å²) in [6, 6.07) is 0. The molecule has 0 saturated heterocycles. The fourth-order valence-electron chi connectivity index (χ4n) is 9.18. The predicted octanol–water partition coefficient (Wildman–Crippen LogP) is 2.37. The lowest BCUT2D eigenvalue weighted by molar-refractivity contribution is -0.223. The molecule has 0 radical (unpaired) electrons. The highest BCUT2D eigenvalue weighted by molar-refractivity contribution is 7.85. The van der Waals surface area contributed by atoms with E-state index in [9.17, 15) is 28.5 Å². The van der Waals surface area contributed by atoms with Gasteiger partial charge in [-0.25, -0.2) is 0 Å². The lowest BCUT2D eigenvalue weighted by atomic mass is 9.43. The van der Waals surface area contributed by atoms with Gasteiger partial charge >= 0.3 is 0 Å². The van der Waals surface area contributed by atoms with Crippen molar-refractivity contribution in [3.05, 3.63) is 0 Å². The van der Waals surface area contributed by atoms with Crippen molar-refractivity contribution in [2.75, 3.05) is 12.3 Å². The zero-order valence-electron chi connectivity index (χ0n) is 21.4. The van der Waals surface area contributed by atoms with Gasteiger partial charge in [0.05, 0.1) is 24.1 Å². The van der Waals surface area contributed by atoms with E-state index >= 15 is 0 Å². The van der Waals surface area contributed by atoms with Gasteiger partial charge in [-0.15, -0.1) is 0 Å². The molecule has 0 bridgehead atoms. The number of hydrogen-bond donors (Lipinski definition) is 5. The van der Waals surface area contributed by atoms with E-state index in [4.69, 9.17) is 4.55 Å². The van der Waals surface area contributed by atoms with Crippen LogP contribution in [0.2, 0.25) is 0 Å². The molecule has 2 unspecified atom stereocenters. The molecule has 4 rings (SSSR count). The Morgan fingerprint density at radius 3 is 2.31 bits per heavy atom. The summed E-state index contributed by atoms with van der Waals surface area (Å²) in [6.07, 6.45) is 5.54. The van der Waals surface area contributed by atoms with Crippen molar-refractivity contribution in [1.82, 2.24) is 5.32 Å². The Labute approximate surface area is 210 Å². The highest BCUT2D eigenvalue weighted by Gasteiger charge is 2.65. The number of amides is 1. The maximum absolute atomic E-state index is 12.2. The average Bonchev–Trinajstić information content (AvgIpc) is 3.13. The van der Waals surface area contributed by atoms with Crippen molar-refractivity contribution in [1.29, 1.82) is 0 Å². The monoisotopic (exact) mass is 515 g/mol. The third-order valence-electron chi connectivity index (χ3n) is 11.0. The number of aliphatic hydroxyl groups is 3. The third-order valence-corrected chi connectivity index (χ3v) is 11.7. The molecule has 11 atom stereocenters. The van der Waals surface area contributed by atoms with E-state index in [0.717, 1.165) is 38.5 Å². The first-order valence-electron chi connectivity index (χ1n) is 13.5. The standard InChI is InChI=1S/C26H45NO7S/c1-15(4-7-21(29)27-12-13-35(32,33)34)17-5-6-18-22-19(9-11-25(17,18)2)26(3)10-8-16(28)14-20(26)23(30)24(22)31/h15-20,22-24,28,30-31H,4-14H2,1-3H3,(H,27,29)(H,32,33,34)/t15-,16-,17-,18+,19+,20+,22+,23?,24?,25-,26-/m1/s1. The molecule has 4 saturated carbocycles. The van der Waals surface area contributed by atoms with Gasteiger partial charge in [-0.2, -0.15) is 8.42 Å². The molecule has 0 spiro atoms. The maximum Gasteiger partial charge on any atom is 0.266 e. The summed E-state index contributed by atoms with van der Waals surface area (Å²) in [4.78, 5) is 12.2. The molecule has 9 heteroatoms. The molecule has 0 aromatic heterocycles. The van der Waals surface area contributed by atoms with E-state index in [1.54, 1.807) is 0 Å². The van der Waals surface area contributed by atoms with E-state index in [2.05, 4.69) is 26.1 Å². The van der Waals surface area contributed by atoms with Crippen molar-refractivity contribution < 1.29 is 33.1 Å². The van der Waals surface area contributed by atoms with Crippen LogP contribution in [0.1, 0.15) is 78.6 Å². The van der Waals surface area contributed by atoms with Gasteiger partial charge in [0.1, 0.15) is 0 Å². The Bertz CT molecular complexity index is 896. The molecule has 4 aliphatic carbocycles. The largest absolute Gasteiger partial charge is 0.393 e. The Balaban J connectivity index is 1.42. The smallest absolute Gasteiger partial charge is 0.266 e. The summed E-state index contributed by atoms with van der Waals surface area (Å²) in [5.41, 5.74) is 0.00776. The van der Waals surface area contributed by atoms with Crippen LogP contribution in [0.3, 0.4) is 0 Å². The number of carbonyl (C=O) groups excluding carboxylic acids is 1. The molecule has 0 aromatic carbocycles. The lowest BCUT2D eigenvalue weighted by Gasteiger charge is -2.63. The molecule has 0 aliphatic heterocycles. The molecular weight excluding hydrogens is 470 g/mol. The summed E-state index contributed by atoms with van der Waals surface area (Å²) in [6.45, 7) is 6.75. The van der Waals surface area contributed by atoms with Gasteiger partial charge in [-0.1, -0.05) is 20.8 Å². The van der Waals surface area contributed by atoms with Gasteiger partial charge in [-0.05, 0) is 97.7 Å². The highest BCUT2D eigenvalue weighted by Crippen LogP contribution is 2.68. The Morgan fingerprint density at radius 1 is 0.971 bits per heavy atom. The molecule has 4 fully saturated rings. The third kappa shape index (κ3) is 5.05. The van der Waals surface area contributed by atoms with E-state index < -0.39 is 28.1 Å². The molecule has 35 heavy (non-hydrogen) atoms. The summed E-state index contributed by atoms with van der Waals surface area (Å²) in [7, 11) is -4.08. The van der Waals surface area contributed by atoms with E-state index in [1.165, 1.54) is 0 Å². The fourth-order valence-corrected chi connectivity index (χ4v) is 9.54. The van der Waals surface area contributed by atoms with Gasteiger partial charge in [-0.3, -0.25) is 9.35 Å². The van der Waals surface area contributed by atoms with Gasteiger partial charge in [0.15, 0.2) is 0 Å². The van der Waals surface area contributed by atoms with Crippen LogP contribution in [-0.2, 0) is 14.9 Å². The number of nitrogens with one attached hydrogen (secondary N) is 1. The first-order valence-corrected chi connectivity index (χ1v) is 15.1. The normalized spacial score (nSPS) is 46.3. The maximum atomic E-state index is 12.2. The number of aliphatic hydroxyl groups excluding tert-OH is 3. The van der Waals surface area contributed by atoms with Gasteiger partial charge in [0.2, 0.25) is 5.91 Å². The number of rotatable bonds is 7. The van der Waals surface area contributed by atoms with Crippen LogP contribution in [-0.4, -0.2) is 64.8 Å². The van der Waals surface area contributed by atoms with Crippen LogP contribution in [0, 0.1) is 46.3 Å². The molecule has 0 heterocycles. The molecule has 4 aliphatic rings. The first kappa shape index (κ1) is 27.3. The number of fused-ring (bicyclic) bond motifs is 5. The van der Waals surface area contributed by atoms with Crippen LogP contribution < -0.4 is 5.32 Å². The second-order valence-corrected chi connectivity index (χ2v) is 14.3. The zero-order chi connectivity index (χ0) is 25.8. The minimum atomic E-state index is -4.08. The van der Waals surface area contributed by atoms with Gasteiger partial charge in [0.25, 0.3) is 10.1 Å². The average molecular weight is 516 g/mol. The Morgan fingerprint density at radius 2 is 1.63 bits per heavy atom. The van der Waals surface area contributed by atoms with Crippen LogP contribution in [0.15, 0.2) is 0 Å². The molecule has 8 nitrogen and oxygen atoms in total. The first-order chi connectivity index (χ1) is 16.3. The van der Waals surface area contributed by atoms with Gasteiger partial charge in [0, 0.05) is 13.0 Å². The van der Waals surface area contributed by atoms with Crippen molar-refractivity contribution in [2.45, 2.75) is 96.9 Å². The van der Waals surface area contributed by atoms with E-state index in [-0.39, 0.29) is 41.2 Å². The lowest BCUT2D eigenvalue weighted by Crippen LogP contribution is -2.64. The second-order valence-electron chi connectivity index (χ2n) is 12.7. The molecule has 5 N–H and O–H groups in total. The second kappa shape index (κ2) is 9.86. The zero-order valence-corrected chi connectivity index (χ0v) is 22.2. The fraction of sp³-hybridized carbons (Fsp3) is 0.962. The van der Waals surface area contributed by atoms with Crippen molar-refractivity contribution >= 4 is 16.0 Å². The van der Waals surface area contributed by atoms with Crippen LogP contribution in [0.25, 0.3) is 0 Å². The predicted molar refractivity (Wildman–Crippen MR) is 132 cm³/mol. The SMILES string of the molecule is C[C@H](CCC(=O)NCCS(=O)(=O)O)[C@H]1CC[C@H]2[C@@H]3C(O)C(O)[C@@H]4C[C@H](O)CC[C@]4(C)[C@H]3CC[C@]12C. The minimum absolute atomic E-state index is 0.0479. The van der Waals surface area contributed by atoms with Crippen molar-refractivity contribution in [2.24, 2.45) is 46.3 Å². The van der Waals surface area contributed by atoms with Crippen molar-refractivity contribution in [3.63, 3.8) is 0 Å². The quantitative estimate of drug-likeness (QED) is 0.327. The summed E-state index contributed by atoms with van der Waals surface area (Å²) in [5, 5.41) is 35.4. The highest BCUT2D eigenvalue weighted by atomic mass is 32.2. The summed E-state index contributed by atoms with van der Waals surface area (Å²) >= 11 is 0. The number of carbonyl (C=O) groups is 1. The van der Waals surface area contributed by atoms with Crippen molar-refractivity contribution in [3.8, 4) is 0 Å². The van der Waals surface area contributed by atoms with Gasteiger partial charge < -0.3 is 20.6 Å². The van der Waals surface area contributed by atoms with Crippen LogP contribution in [0.5, 0.6) is 0 Å². The summed E-state index contributed by atoms with van der Waals surface area (Å²) in [5.74, 6) is 0.781. The Kier molecular flexibility index (Phi) is 7.69. The van der Waals surface area contributed by atoms with Crippen LogP contribution in [0.4, 0.5) is 0 Å². The van der Waals surface area contributed by atoms with E-state index in [1.807, 2.05) is 0 Å². The van der Waals surface area contributed by atoms with Crippen LogP contribution >= 0.6 is 0 Å². The molecule has 1 amide bonds. The van der Waals surface area contributed by atoms with E-state index in [0.29, 0.717) is 42.9 Å². The minimum Gasteiger partial charge on any atom is -0.393 e.